The van der Waals surface area contributed by atoms with Gasteiger partial charge in [0.25, 0.3) is 0 Å². The van der Waals surface area contributed by atoms with Crippen LogP contribution in [0.3, 0.4) is 0 Å². The van der Waals surface area contributed by atoms with E-state index in [-0.39, 0.29) is 0 Å². The molecule has 1 fully saturated rings. The zero-order valence-corrected chi connectivity index (χ0v) is 10.8. The van der Waals surface area contributed by atoms with Crippen LogP contribution in [-0.4, -0.2) is 43.6 Å². The Labute approximate surface area is 96.8 Å². The molecule has 0 spiro atoms. The first-order chi connectivity index (χ1) is 7.41. The van der Waals surface area contributed by atoms with Crippen molar-refractivity contribution in [3.05, 3.63) is 0 Å². The summed E-state index contributed by atoms with van der Waals surface area (Å²) in [7, 11) is -2.08. The largest absolute Gasteiger partial charge is 0.468 e. The fraction of sp³-hybridized carbons (Fsp3) is 0.900. The average Bonchev–Trinajstić information content (AvgIpc) is 2.27. The summed E-state index contributed by atoms with van der Waals surface area (Å²) in [6, 6.07) is -0.633. The van der Waals surface area contributed by atoms with Gasteiger partial charge in [0.1, 0.15) is 6.04 Å². The van der Waals surface area contributed by atoms with Gasteiger partial charge in [-0.15, -0.1) is 0 Å². The number of methoxy groups -OCH3 is 1. The first-order valence-electron chi connectivity index (χ1n) is 5.49. The van der Waals surface area contributed by atoms with Gasteiger partial charge in [0.2, 0.25) is 10.0 Å². The number of rotatable bonds is 3. The first kappa shape index (κ1) is 13.4. The molecule has 1 atom stereocenters. The highest BCUT2D eigenvalue weighted by Crippen LogP contribution is 2.23. The summed E-state index contributed by atoms with van der Waals surface area (Å²) >= 11 is 0. The zero-order valence-electron chi connectivity index (χ0n) is 9.97. The summed E-state index contributed by atoms with van der Waals surface area (Å²) in [6.07, 6.45) is 2.22. The summed E-state index contributed by atoms with van der Waals surface area (Å²) < 4.78 is 30.0. The Morgan fingerprint density at radius 3 is 2.50 bits per heavy atom. The molecule has 0 aromatic carbocycles. The molecule has 0 unspecified atom stereocenters. The standard InChI is InChI=1S/C10H19NO4S/c1-8(2)16(13,14)11-7-5-4-6-9(11)10(12)15-3/h8-9H,4-7H2,1-3H3/t9-/m1/s1. The van der Waals surface area contributed by atoms with E-state index in [1.807, 2.05) is 0 Å². The predicted molar refractivity (Wildman–Crippen MR) is 60.4 cm³/mol. The minimum atomic E-state index is -3.37. The van der Waals surface area contributed by atoms with Crippen molar-refractivity contribution in [2.24, 2.45) is 0 Å². The van der Waals surface area contributed by atoms with Crippen molar-refractivity contribution in [3.8, 4) is 0 Å². The number of nitrogens with zero attached hydrogens (tertiary/aromatic N) is 1. The molecule has 0 radical (unpaired) electrons. The molecule has 0 saturated carbocycles. The summed E-state index contributed by atoms with van der Waals surface area (Å²) in [4.78, 5) is 11.5. The Bertz CT molecular complexity index is 350. The molecule has 94 valence electrons. The van der Waals surface area contributed by atoms with Gasteiger partial charge in [0.05, 0.1) is 12.4 Å². The Hall–Kier alpha value is -0.620. The van der Waals surface area contributed by atoms with E-state index in [2.05, 4.69) is 4.74 Å². The van der Waals surface area contributed by atoms with Gasteiger partial charge in [0, 0.05) is 6.54 Å². The molecule has 1 aliphatic heterocycles. The molecule has 0 aliphatic carbocycles. The lowest BCUT2D eigenvalue weighted by Crippen LogP contribution is -2.50. The van der Waals surface area contributed by atoms with Crippen LogP contribution in [0.4, 0.5) is 0 Å². The highest BCUT2D eigenvalue weighted by Gasteiger charge is 2.38. The van der Waals surface area contributed by atoms with Crippen LogP contribution in [0.1, 0.15) is 33.1 Å². The van der Waals surface area contributed by atoms with Crippen LogP contribution in [0.2, 0.25) is 0 Å². The first-order valence-corrected chi connectivity index (χ1v) is 7.00. The Morgan fingerprint density at radius 1 is 1.38 bits per heavy atom. The van der Waals surface area contributed by atoms with Crippen LogP contribution >= 0.6 is 0 Å². The van der Waals surface area contributed by atoms with Gasteiger partial charge < -0.3 is 4.74 Å². The second-order valence-corrected chi connectivity index (χ2v) is 6.68. The van der Waals surface area contributed by atoms with E-state index < -0.39 is 27.3 Å². The van der Waals surface area contributed by atoms with E-state index in [4.69, 9.17) is 0 Å². The summed E-state index contributed by atoms with van der Waals surface area (Å²) in [5.41, 5.74) is 0. The minimum Gasteiger partial charge on any atom is -0.468 e. The van der Waals surface area contributed by atoms with Crippen LogP contribution in [0.25, 0.3) is 0 Å². The molecular weight excluding hydrogens is 230 g/mol. The predicted octanol–water partition coefficient (Wildman–Crippen LogP) is 0.752. The number of ether oxygens (including phenoxy) is 1. The monoisotopic (exact) mass is 249 g/mol. The van der Waals surface area contributed by atoms with Gasteiger partial charge >= 0.3 is 5.97 Å². The third-order valence-electron chi connectivity index (χ3n) is 2.85. The number of piperidine rings is 1. The lowest BCUT2D eigenvalue weighted by atomic mass is 10.1. The van der Waals surface area contributed by atoms with Crippen molar-refractivity contribution in [1.82, 2.24) is 4.31 Å². The number of carbonyl (C=O) groups excluding carboxylic acids is 1. The molecule has 6 heteroatoms. The van der Waals surface area contributed by atoms with Gasteiger partial charge in [-0.2, -0.15) is 4.31 Å². The molecule has 0 aromatic rings. The molecule has 16 heavy (non-hydrogen) atoms. The van der Waals surface area contributed by atoms with Crippen molar-refractivity contribution in [2.45, 2.75) is 44.4 Å². The maximum Gasteiger partial charge on any atom is 0.324 e. The second-order valence-electron chi connectivity index (χ2n) is 4.24. The van der Waals surface area contributed by atoms with Gasteiger partial charge in [-0.25, -0.2) is 8.42 Å². The molecule has 0 aromatic heterocycles. The van der Waals surface area contributed by atoms with Crippen LogP contribution in [0.15, 0.2) is 0 Å². The third kappa shape index (κ3) is 2.55. The molecule has 1 aliphatic rings. The normalized spacial score (nSPS) is 23.4. The lowest BCUT2D eigenvalue weighted by molar-refractivity contribution is -0.146. The summed E-state index contributed by atoms with van der Waals surface area (Å²) in [5.74, 6) is -0.455. The maximum atomic E-state index is 12.0. The molecule has 1 saturated heterocycles. The molecule has 0 amide bonds. The van der Waals surface area contributed by atoms with E-state index in [1.54, 1.807) is 13.8 Å². The average molecular weight is 249 g/mol. The van der Waals surface area contributed by atoms with Crippen molar-refractivity contribution < 1.29 is 17.9 Å². The van der Waals surface area contributed by atoms with Crippen molar-refractivity contribution in [2.75, 3.05) is 13.7 Å². The summed E-state index contributed by atoms with van der Waals surface area (Å²) in [6.45, 7) is 3.66. The van der Waals surface area contributed by atoms with E-state index in [0.717, 1.165) is 12.8 Å². The van der Waals surface area contributed by atoms with Gasteiger partial charge in [-0.3, -0.25) is 4.79 Å². The molecule has 1 heterocycles. The molecular formula is C10H19NO4S. The molecule has 5 nitrogen and oxygen atoms in total. The smallest absolute Gasteiger partial charge is 0.324 e. The highest BCUT2D eigenvalue weighted by molar-refractivity contribution is 7.89. The number of hydrogen-bond donors (Lipinski definition) is 0. The quantitative estimate of drug-likeness (QED) is 0.692. The van der Waals surface area contributed by atoms with Crippen molar-refractivity contribution in [3.63, 3.8) is 0 Å². The minimum absolute atomic E-state index is 0.417. The van der Waals surface area contributed by atoms with E-state index >= 15 is 0 Å². The van der Waals surface area contributed by atoms with Crippen molar-refractivity contribution >= 4 is 16.0 Å². The third-order valence-corrected chi connectivity index (χ3v) is 5.13. The van der Waals surface area contributed by atoms with E-state index in [9.17, 15) is 13.2 Å². The van der Waals surface area contributed by atoms with Gasteiger partial charge in [0.15, 0.2) is 0 Å². The van der Waals surface area contributed by atoms with E-state index in [0.29, 0.717) is 13.0 Å². The molecule has 0 bridgehead atoms. The maximum absolute atomic E-state index is 12.0. The number of esters is 1. The fourth-order valence-corrected chi connectivity index (χ4v) is 3.32. The Balaban J connectivity index is 2.95. The number of carbonyl (C=O) groups is 1. The van der Waals surface area contributed by atoms with Crippen LogP contribution in [-0.2, 0) is 19.6 Å². The number of sulfonamides is 1. The zero-order chi connectivity index (χ0) is 12.3. The van der Waals surface area contributed by atoms with Gasteiger partial charge in [-0.05, 0) is 33.1 Å². The highest BCUT2D eigenvalue weighted by atomic mass is 32.2. The topological polar surface area (TPSA) is 63.7 Å². The fourth-order valence-electron chi connectivity index (χ4n) is 1.85. The molecule has 1 rings (SSSR count). The van der Waals surface area contributed by atoms with Crippen LogP contribution in [0.5, 0.6) is 0 Å². The Kier molecular flexibility index (Phi) is 4.32. The Morgan fingerprint density at radius 2 is 2.00 bits per heavy atom. The number of hydrogen-bond acceptors (Lipinski definition) is 4. The van der Waals surface area contributed by atoms with Gasteiger partial charge in [-0.1, -0.05) is 0 Å². The summed E-state index contributed by atoms with van der Waals surface area (Å²) in [5, 5.41) is -0.502. The van der Waals surface area contributed by atoms with E-state index in [1.165, 1.54) is 11.4 Å². The van der Waals surface area contributed by atoms with Crippen molar-refractivity contribution in [1.29, 1.82) is 0 Å². The lowest BCUT2D eigenvalue weighted by Gasteiger charge is -2.33. The molecule has 0 N–H and O–H groups in total. The van der Waals surface area contributed by atoms with Crippen LogP contribution in [0, 0.1) is 0 Å². The van der Waals surface area contributed by atoms with Crippen LogP contribution < -0.4 is 0 Å². The SMILES string of the molecule is COC(=O)[C@H]1CCCCN1S(=O)(=O)C(C)C. The second kappa shape index (κ2) is 5.14.